The van der Waals surface area contributed by atoms with Crippen LogP contribution in [-0.4, -0.2) is 37.0 Å². The van der Waals surface area contributed by atoms with E-state index in [0.29, 0.717) is 0 Å². The number of hydrogen-bond donors (Lipinski definition) is 1. The maximum absolute atomic E-state index is 13.0. The molecule has 116 valence electrons. The molecule has 1 amide bonds. The minimum atomic E-state index is -3.65. The van der Waals surface area contributed by atoms with Crippen molar-refractivity contribution >= 4 is 19.5 Å². The van der Waals surface area contributed by atoms with Crippen molar-refractivity contribution in [3.63, 3.8) is 0 Å². The summed E-state index contributed by atoms with van der Waals surface area (Å²) < 4.78 is 28.4. The molecule has 0 aromatic carbocycles. The molecule has 20 heavy (non-hydrogen) atoms. The van der Waals surface area contributed by atoms with Crippen LogP contribution >= 0.6 is 7.60 Å². The molecule has 1 unspecified atom stereocenters. The fraction of sp³-hybridized carbons (Fsp3) is 0.833. The van der Waals surface area contributed by atoms with Crippen LogP contribution in [0.25, 0.3) is 0 Å². The molecule has 0 aliphatic carbocycles. The zero-order valence-electron chi connectivity index (χ0n) is 12.1. The number of nitrogens with one attached hydrogen (secondary N) is 1. The van der Waals surface area contributed by atoms with Crippen molar-refractivity contribution in [3.8, 4) is 0 Å². The third-order valence-electron chi connectivity index (χ3n) is 3.00. The Bertz CT molecular complexity index is 403. The Balaban J connectivity index is 3.06. The van der Waals surface area contributed by atoms with Gasteiger partial charge in [-0.1, -0.05) is 0 Å². The highest BCUT2D eigenvalue weighted by molar-refractivity contribution is 7.55. The van der Waals surface area contributed by atoms with Gasteiger partial charge in [0.1, 0.15) is 0 Å². The Morgan fingerprint density at radius 1 is 1.25 bits per heavy atom. The second kappa shape index (κ2) is 7.20. The van der Waals surface area contributed by atoms with E-state index in [1.165, 1.54) is 0 Å². The number of amides is 1. The number of rotatable bonds is 8. The highest BCUT2D eigenvalue weighted by atomic mass is 31.2. The predicted octanol–water partition coefficient (Wildman–Crippen LogP) is 1.81. The van der Waals surface area contributed by atoms with Gasteiger partial charge < -0.3 is 19.1 Å². The van der Waals surface area contributed by atoms with Crippen LogP contribution in [0.3, 0.4) is 0 Å². The summed E-state index contributed by atoms with van der Waals surface area (Å²) in [5.41, 5.74) is 0. The maximum atomic E-state index is 13.0. The van der Waals surface area contributed by atoms with Crippen molar-refractivity contribution in [3.05, 3.63) is 0 Å². The summed E-state index contributed by atoms with van der Waals surface area (Å²) in [5.74, 6) is -0.803. The minimum Gasteiger partial charge on any atom is -0.466 e. The highest BCUT2D eigenvalue weighted by Gasteiger charge is 2.56. The molecule has 0 bridgehead atoms. The molecule has 1 aliphatic heterocycles. The lowest BCUT2D eigenvalue weighted by Crippen LogP contribution is -2.44. The smallest absolute Gasteiger partial charge is 0.356 e. The predicted molar refractivity (Wildman–Crippen MR) is 72.2 cm³/mol. The number of carbonyl (C=O) groups excluding carboxylic acids is 2. The Morgan fingerprint density at radius 3 is 2.25 bits per heavy atom. The second-order valence-corrected chi connectivity index (χ2v) is 6.76. The van der Waals surface area contributed by atoms with E-state index in [0.717, 1.165) is 0 Å². The first-order valence-electron chi connectivity index (χ1n) is 6.79. The van der Waals surface area contributed by atoms with Crippen molar-refractivity contribution in [1.29, 1.82) is 0 Å². The van der Waals surface area contributed by atoms with E-state index < -0.39 is 18.8 Å². The highest BCUT2D eigenvalue weighted by Crippen LogP contribution is 2.63. The van der Waals surface area contributed by atoms with Crippen molar-refractivity contribution < 1.29 is 27.9 Å². The molecular weight excluding hydrogens is 285 g/mol. The summed E-state index contributed by atoms with van der Waals surface area (Å²) in [6.07, 6.45) is 0.190. The molecule has 1 aliphatic rings. The van der Waals surface area contributed by atoms with E-state index in [4.69, 9.17) is 13.8 Å². The molecule has 1 heterocycles. The normalized spacial score (nSPS) is 22.6. The van der Waals surface area contributed by atoms with E-state index in [1.807, 2.05) is 0 Å². The lowest BCUT2D eigenvalue weighted by molar-refractivity contribution is -0.144. The van der Waals surface area contributed by atoms with Gasteiger partial charge in [0, 0.05) is 6.42 Å². The van der Waals surface area contributed by atoms with Crippen molar-refractivity contribution in [2.45, 2.75) is 45.3 Å². The summed E-state index contributed by atoms with van der Waals surface area (Å²) in [4.78, 5) is 23.3. The minimum absolute atomic E-state index is 0.164. The molecule has 0 aromatic heterocycles. The van der Waals surface area contributed by atoms with Gasteiger partial charge in [-0.05, 0) is 27.2 Å². The molecule has 1 rings (SSSR count). The maximum Gasteiger partial charge on any atom is 0.356 e. The lowest BCUT2D eigenvalue weighted by atomic mass is 10.1. The molecule has 8 heteroatoms. The first kappa shape index (κ1) is 17.1. The van der Waals surface area contributed by atoms with Crippen LogP contribution in [0.15, 0.2) is 0 Å². The van der Waals surface area contributed by atoms with Crippen molar-refractivity contribution in [2.24, 2.45) is 0 Å². The van der Waals surface area contributed by atoms with Crippen LogP contribution in [0, 0.1) is 0 Å². The zero-order chi connectivity index (χ0) is 15.2. The van der Waals surface area contributed by atoms with Crippen LogP contribution < -0.4 is 5.32 Å². The standard InChI is InChI=1S/C12H22NO6P/c1-4-17-11(15)9-12(8-7-10(14)13-12)20(16,18-5-2)19-6-3/h4-9H2,1-3H3,(H,13,14). The number of ether oxygens (including phenoxy) is 1. The Labute approximate surface area is 118 Å². The van der Waals surface area contributed by atoms with Crippen molar-refractivity contribution in [1.82, 2.24) is 5.32 Å². The third-order valence-corrected chi connectivity index (χ3v) is 5.74. The Morgan fingerprint density at radius 2 is 1.85 bits per heavy atom. The van der Waals surface area contributed by atoms with E-state index in [9.17, 15) is 14.2 Å². The average molecular weight is 307 g/mol. The quantitative estimate of drug-likeness (QED) is 0.543. The molecule has 1 fully saturated rings. The van der Waals surface area contributed by atoms with Crippen LogP contribution in [0.2, 0.25) is 0 Å². The molecule has 7 nitrogen and oxygen atoms in total. The van der Waals surface area contributed by atoms with Gasteiger partial charge in [-0.15, -0.1) is 0 Å². The summed E-state index contributed by atoms with van der Waals surface area (Å²) in [6, 6.07) is 0. The second-order valence-electron chi connectivity index (χ2n) is 4.39. The van der Waals surface area contributed by atoms with Gasteiger partial charge in [0.2, 0.25) is 5.91 Å². The van der Waals surface area contributed by atoms with E-state index in [-0.39, 0.29) is 45.0 Å². The fourth-order valence-corrected chi connectivity index (χ4v) is 4.43. The zero-order valence-corrected chi connectivity index (χ0v) is 13.0. The summed E-state index contributed by atoms with van der Waals surface area (Å²) in [5, 5.41) is 1.30. The first-order valence-corrected chi connectivity index (χ1v) is 8.33. The largest absolute Gasteiger partial charge is 0.466 e. The van der Waals surface area contributed by atoms with Crippen LogP contribution in [0.4, 0.5) is 0 Å². The molecule has 1 N–H and O–H groups in total. The Hall–Kier alpha value is -0.910. The van der Waals surface area contributed by atoms with Crippen LogP contribution in [0.1, 0.15) is 40.0 Å². The van der Waals surface area contributed by atoms with Gasteiger partial charge in [-0.3, -0.25) is 14.2 Å². The average Bonchev–Trinajstić information content (AvgIpc) is 2.73. The molecule has 0 saturated carbocycles. The van der Waals surface area contributed by atoms with Gasteiger partial charge in [0.05, 0.1) is 26.2 Å². The fourth-order valence-electron chi connectivity index (χ4n) is 2.21. The summed E-state index contributed by atoms with van der Waals surface area (Å²) in [7, 11) is -3.65. The van der Waals surface area contributed by atoms with E-state index in [2.05, 4.69) is 5.32 Å². The van der Waals surface area contributed by atoms with Gasteiger partial charge in [-0.2, -0.15) is 0 Å². The van der Waals surface area contributed by atoms with Crippen molar-refractivity contribution in [2.75, 3.05) is 19.8 Å². The molecule has 1 atom stereocenters. The monoisotopic (exact) mass is 307 g/mol. The third kappa shape index (κ3) is 3.59. The molecular formula is C12H22NO6P. The van der Waals surface area contributed by atoms with Gasteiger partial charge in [0.15, 0.2) is 5.28 Å². The molecule has 0 radical (unpaired) electrons. The summed E-state index contributed by atoms with van der Waals surface area (Å²) >= 11 is 0. The summed E-state index contributed by atoms with van der Waals surface area (Å²) in [6.45, 7) is 5.59. The van der Waals surface area contributed by atoms with Gasteiger partial charge in [0.25, 0.3) is 0 Å². The molecule has 0 aromatic rings. The number of esters is 1. The van der Waals surface area contributed by atoms with E-state index >= 15 is 0 Å². The first-order chi connectivity index (χ1) is 9.43. The topological polar surface area (TPSA) is 90.9 Å². The molecule has 1 saturated heterocycles. The lowest BCUT2D eigenvalue weighted by Gasteiger charge is -2.34. The van der Waals surface area contributed by atoms with Gasteiger partial charge in [-0.25, -0.2) is 0 Å². The molecule has 0 spiro atoms. The van der Waals surface area contributed by atoms with E-state index in [1.54, 1.807) is 20.8 Å². The van der Waals surface area contributed by atoms with Crippen LogP contribution in [0.5, 0.6) is 0 Å². The van der Waals surface area contributed by atoms with Gasteiger partial charge >= 0.3 is 13.6 Å². The Kier molecular flexibility index (Phi) is 6.17. The number of carbonyl (C=O) groups is 2. The SMILES string of the molecule is CCOC(=O)CC1(P(=O)(OCC)OCC)CCC(=O)N1. The van der Waals surface area contributed by atoms with Crippen LogP contribution in [-0.2, 0) is 27.9 Å². The number of hydrogen-bond acceptors (Lipinski definition) is 6.